The Morgan fingerprint density at radius 2 is 0.605 bits per heavy atom. The van der Waals surface area contributed by atoms with Crippen LogP contribution in [0.15, 0.2) is 238 Å². The summed E-state index contributed by atoms with van der Waals surface area (Å²) in [6.45, 7) is 39.4. The van der Waals surface area contributed by atoms with Crippen LogP contribution in [0.3, 0.4) is 0 Å². The van der Waals surface area contributed by atoms with Gasteiger partial charge in [0.1, 0.15) is 34.0 Å². The summed E-state index contributed by atoms with van der Waals surface area (Å²) < 4.78 is 8.96. The second kappa shape index (κ2) is 35.2. The first kappa shape index (κ1) is 83.4. The van der Waals surface area contributed by atoms with E-state index in [2.05, 4.69) is 392 Å². The summed E-state index contributed by atoms with van der Waals surface area (Å²) >= 11 is 0. The minimum atomic E-state index is 0.246. The van der Waals surface area contributed by atoms with Crippen LogP contribution in [0.2, 0.25) is 0 Å². The summed E-state index contributed by atoms with van der Waals surface area (Å²) in [6.07, 6.45) is 26.1. The molecule has 9 heteroatoms. The second-order valence-corrected chi connectivity index (χ2v) is 35.9. The lowest BCUT2D eigenvalue weighted by atomic mass is 9.90. The van der Waals surface area contributed by atoms with Crippen molar-refractivity contribution in [2.75, 3.05) is 0 Å². The molecule has 17 rings (SSSR count). The van der Waals surface area contributed by atoms with E-state index in [-0.39, 0.29) is 5.41 Å². The van der Waals surface area contributed by atoms with Crippen LogP contribution >= 0.6 is 0 Å². The first-order valence-corrected chi connectivity index (χ1v) is 42.6. The molecule has 1 saturated carbocycles. The Labute approximate surface area is 707 Å². The van der Waals surface area contributed by atoms with E-state index in [1.165, 1.54) is 214 Å². The number of pyridine rings is 7. The van der Waals surface area contributed by atoms with Gasteiger partial charge in [0.25, 0.3) is 0 Å². The number of hydrogen-bond donors (Lipinski definition) is 0. The molecule has 0 bridgehead atoms. The lowest BCUT2D eigenvalue weighted by molar-refractivity contribution is -0.659. The Morgan fingerprint density at radius 1 is 0.311 bits per heavy atom. The molecule has 0 aliphatic heterocycles. The highest BCUT2D eigenvalue weighted by Crippen LogP contribution is 2.38. The molecular weight excluding hydrogens is 1450 g/mol. The summed E-state index contributed by atoms with van der Waals surface area (Å²) in [4.78, 5) is 22.9. The van der Waals surface area contributed by atoms with Crippen LogP contribution in [-0.4, -0.2) is 24.9 Å². The normalized spacial score (nSPS) is 12.3. The van der Waals surface area contributed by atoms with Crippen LogP contribution in [0.5, 0.6) is 0 Å². The van der Waals surface area contributed by atoms with Crippen LogP contribution in [0.4, 0.5) is 0 Å². The van der Waals surface area contributed by atoms with Gasteiger partial charge in [0.05, 0.1) is 0 Å². The number of aryl methyl sites for hydroxylation is 13. The largest absolute Gasteiger partial charge is 0.261 e. The molecule has 1 aliphatic rings. The highest BCUT2D eigenvalue weighted by Gasteiger charge is 2.24. The maximum absolute atomic E-state index is 4.82. The number of hydrogen-bond acceptors (Lipinski definition) is 5. The zero-order valence-electron chi connectivity index (χ0n) is 74.4. The Morgan fingerprint density at radius 3 is 0.899 bits per heavy atom. The topological polar surface area (TPSA) is 80.0 Å². The molecule has 0 atom stereocenters. The zero-order valence-corrected chi connectivity index (χ0v) is 74.4. The molecule has 0 radical (unpaired) electrons. The summed E-state index contributed by atoms with van der Waals surface area (Å²) in [5.41, 5.74) is 39.3. The molecule has 0 saturated heterocycles. The first-order valence-electron chi connectivity index (χ1n) is 42.6. The predicted octanol–water partition coefficient (Wildman–Crippen LogP) is 25.4. The van der Waals surface area contributed by atoms with E-state index in [9.17, 15) is 0 Å². The number of rotatable bonds is 12. The van der Waals surface area contributed by atoms with Crippen molar-refractivity contribution in [2.24, 2.45) is 39.5 Å². The Hall–Kier alpha value is -12.1. The van der Waals surface area contributed by atoms with Gasteiger partial charge in [0.15, 0.2) is 24.8 Å². The van der Waals surface area contributed by atoms with Crippen molar-refractivity contribution in [3.8, 4) is 89.5 Å². The van der Waals surface area contributed by atoms with E-state index in [1.807, 2.05) is 31.7 Å². The fraction of sp³-hybridized carbons (Fsp3) is 0.282. The van der Waals surface area contributed by atoms with Crippen molar-refractivity contribution in [3.05, 3.63) is 327 Å². The number of nitrogens with zero attached hydrogens (tertiary/aromatic N) is 9. The van der Waals surface area contributed by atoms with Gasteiger partial charge >= 0.3 is 0 Å². The third kappa shape index (κ3) is 19.2. The van der Waals surface area contributed by atoms with E-state index in [0.717, 1.165) is 46.7 Å². The lowest BCUT2D eigenvalue weighted by Gasteiger charge is -2.17. The van der Waals surface area contributed by atoms with Gasteiger partial charge < -0.3 is 0 Å². The lowest BCUT2D eigenvalue weighted by Crippen LogP contribution is -2.30. The third-order valence-corrected chi connectivity index (χ3v) is 24.4. The molecule has 8 aromatic carbocycles. The molecule has 600 valence electrons. The highest BCUT2D eigenvalue weighted by molar-refractivity contribution is 5.92. The van der Waals surface area contributed by atoms with E-state index in [1.54, 1.807) is 0 Å². The van der Waals surface area contributed by atoms with Gasteiger partial charge in [-0.3, -0.25) is 15.0 Å². The molecule has 1 aliphatic carbocycles. The van der Waals surface area contributed by atoms with Crippen LogP contribution in [0.1, 0.15) is 156 Å². The summed E-state index contributed by atoms with van der Waals surface area (Å²) in [7, 11) is 8.54. The van der Waals surface area contributed by atoms with Gasteiger partial charge in [-0.1, -0.05) is 136 Å². The van der Waals surface area contributed by atoms with E-state index in [0.29, 0.717) is 11.8 Å². The molecule has 16 aromatic rings. The maximum atomic E-state index is 4.82. The fourth-order valence-corrected chi connectivity index (χ4v) is 17.3. The summed E-state index contributed by atoms with van der Waals surface area (Å²) in [5.74, 6) is 2.07. The molecule has 8 aromatic heterocycles. The Bertz CT molecular complexity index is 6480. The smallest absolute Gasteiger partial charge is 0.213 e. The molecule has 119 heavy (non-hydrogen) atoms. The van der Waals surface area contributed by atoms with Crippen molar-refractivity contribution in [1.29, 1.82) is 0 Å². The summed E-state index contributed by atoms with van der Waals surface area (Å²) in [5, 5.41) is 9.97. The van der Waals surface area contributed by atoms with E-state index >= 15 is 0 Å². The van der Waals surface area contributed by atoms with Gasteiger partial charge in [0.2, 0.25) is 22.8 Å². The molecule has 8 heterocycles. The monoisotopic (exact) mass is 1570 g/mol. The minimum Gasteiger partial charge on any atom is -0.261 e. The predicted molar refractivity (Wildman–Crippen MR) is 497 cm³/mol. The Kier molecular flexibility index (Phi) is 24.7. The standard InChI is InChI=1S/C29H31N2.C29H33N2.C28H31N2.C24H24N3/c1-19-13-20(2)21(3)27(14-19)29-16-26-15-23(9-10-25(26)18-31(29)4)24-11-12-28(30-17-24)22-7-5-6-8-22;1-19-12-20(2)21(3)27(13-19)28-15-25-14-22(8-9-24(25)18-31(28)7)23-10-11-26(30-17-23)16-29(4,5)6;1-18(2)11-26-10-9-23(16-29-26)22-7-8-24-17-30(6)28(15-25(24)14-22)27-13-19(3)12-20(4)21(27)5;1-15-8-16(2)17(3)23(9-15)24-11-21-10-19(6-7-20(21)14-27(24)5)22-12-25-18(4)26-13-22/h9-18,22H,5-8H2,1-4H3;8-15,17-18H,16H2,1-7H3;7-10,12-18H,11H2,1-6H3;6-14H,1-5H3/q4*+1. The fourth-order valence-electron chi connectivity index (χ4n) is 17.3. The van der Waals surface area contributed by atoms with Crippen LogP contribution < -0.4 is 18.3 Å². The highest BCUT2D eigenvalue weighted by atomic mass is 14.9. The van der Waals surface area contributed by atoms with Crippen LogP contribution in [0, 0.1) is 101 Å². The van der Waals surface area contributed by atoms with Crippen molar-refractivity contribution >= 4 is 43.1 Å². The molecule has 0 spiro atoms. The maximum Gasteiger partial charge on any atom is 0.213 e. The summed E-state index contributed by atoms with van der Waals surface area (Å²) in [6, 6.07) is 67.4. The number of benzene rings is 8. The quantitative estimate of drug-likeness (QED) is 0.114. The molecule has 1 fully saturated rings. The van der Waals surface area contributed by atoms with Crippen molar-refractivity contribution in [2.45, 2.75) is 169 Å². The third-order valence-electron chi connectivity index (χ3n) is 24.4. The zero-order chi connectivity index (χ0) is 84.4. The average Bonchev–Trinajstić information content (AvgIpc) is 0.957. The first-order chi connectivity index (χ1) is 56.8. The van der Waals surface area contributed by atoms with Gasteiger partial charge in [-0.15, -0.1) is 0 Å². The molecule has 0 N–H and O–H groups in total. The van der Waals surface area contributed by atoms with Crippen molar-refractivity contribution < 1.29 is 18.3 Å². The molecule has 0 amide bonds. The average molecular weight is 1570 g/mol. The minimum absolute atomic E-state index is 0.246. The molecule has 9 nitrogen and oxygen atoms in total. The van der Waals surface area contributed by atoms with E-state index < -0.39 is 0 Å². The second-order valence-electron chi connectivity index (χ2n) is 35.9. The molecule has 0 unspecified atom stereocenters. The van der Waals surface area contributed by atoms with Gasteiger partial charge in [0, 0.05) is 144 Å². The van der Waals surface area contributed by atoms with Gasteiger partial charge in [-0.25, -0.2) is 28.2 Å². The van der Waals surface area contributed by atoms with Crippen LogP contribution in [-0.2, 0) is 41.0 Å². The SMILES string of the molecule is Cc1cc(C)c(C)c(-c2cc3cc(-c4ccc(C5CCCC5)nc4)ccc3c[n+]2C)c1.Cc1cc(C)c(C)c(-c2cc3cc(-c4ccc(CC(C)(C)C)nc4)ccc3c[n+]2C)c1.Cc1cc(C)c(C)c(-c2cc3cc(-c4ccc(CC(C)C)nc4)ccc3c[n+]2C)c1.Cc1cc(C)c(C)c(-c2cc3cc(-c4cnc(C)nc4)ccc3c[n+]2C)c1. The van der Waals surface area contributed by atoms with Crippen LogP contribution in [0.25, 0.3) is 133 Å². The Balaban J connectivity index is 0.000000130. The van der Waals surface area contributed by atoms with Crippen molar-refractivity contribution in [1.82, 2.24) is 24.9 Å². The number of fused-ring (bicyclic) bond motifs is 4. The van der Waals surface area contributed by atoms with E-state index in [4.69, 9.17) is 9.97 Å². The number of aromatic nitrogens is 9. The van der Waals surface area contributed by atoms with Crippen molar-refractivity contribution in [3.63, 3.8) is 0 Å². The van der Waals surface area contributed by atoms with Gasteiger partial charge in [-0.05, 0) is 306 Å². The molecular formula is C110H119N9+4. The van der Waals surface area contributed by atoms with Gasteiger partial charge in [-0.2, -0.15) is 0 Å².